The molecular weight excluding hydrogens is 226 g/mol. The Kier molecular flexibility index (Phi) is 4.61. The van der Waals surface area contributed by atoms with Crippen molar-refractivity contribution in [3.05, 3.63) is 29.8 Å². The number of hydrogen-bond acceptors (Lipinski definition) is 3. The summed E-state index contributed by atoms with van der Waals surface area (Å²) in [5.41, 5.74) is 2.22. The molecule has 0 aliphatic heterocycles. The van der Waals surface area contributed by atoms with E-state index >= 15 is 0 Å². The van der Waals surface area contributed by atoms with Crippen LogP contribution < -0.4 is 4.90 Å². The maximum absolute atomic E-state index is 10.1. The van der Waals surface area contributed by atoms with Crippen LogP contribution in [0.4, 0.5) is 5.69 Å². The Labute approximate surface area is 109 Å². The lowest BCUT2D eigenvalue weighted by molar-refractivity contribution is 0.173. The summed E-state index contributed by atoms with van der Waals surface area (Å²) in [6.45, 7) is 3.64. The predicted octanol–water partition coefficient (Wildman–Crippen LogP) is 2.75. The third-order valence-corrected chi connectivity index (χ3v) is 3.52. The van der Waals surface area contributed by atoms with Gasteiger partial charge in [-0.05, 0) is 25.3 Å². The normalized spacial score (nSPS) is 16.6. The van der Waals surface area contributed by atoms with Gasteiger partial charge in [0.1, 0.15) is 0 Å². The summed E-state index contributed by atoms with van der Waals surface area (Å²) in [5.74, 6) is 0. The van der Waals surface area contributed by atoms with Crippen molar-refractivity contribution in [3.63, 3.8) is 0 Å². The van der Waals surface area contributed by atoms with Crippen LogP contribution in [0.25, 0.3) is 0 Å². The minimum Gasteiger partial charge on any atom is -0.388 e. The summed E-state index contributed by atoms with van der Waals surface area (Å²) in [7, 11) is 1.73. The fourth-order valence-electron chi connectivity index (χ4n) is 2.33. The van der Waals surface area contributed by atoms with Gasteiger partial charge in [-0.2, -0.15) is 0 Å². The average Bonchev–Trinajstić information content (AvgIpc) is 3.23. The molecule has 0 amide bonds. The van der Waals surface area contributed by atoms with Gasteiger partial charge in [-0.3, -0.25) is 0 Å². The van der Waals surface area contributed by atoms with E-state index in [1.54, 1.807) is 7.11 Å². The van der Waals surface area contributed by atoms with E-state index in [0.29, 0.717) is 6.04 Å². The smallest absolute Gasteiger partial charge is 0.0807 e. The number of anilines is 1. The number of aliphatic hydroxyl groups is 1. The molecule has 3 heteroatoms. The van der Waals surface area contributed by atoms with E-state index in [0.717, 1.165) is 25.1 Å². The van der Waals surface area contributed by atoms with Crippen molar-refractivity contribution in [2.24, 2.45) is 0 Å². The van der Waals surface area contributed by atoms with Crippen LogP contribution >= 0.6 is 0 Å². The third kappa shape index (κ3) is 3.03. The minimum atomic E-state index is -0.370. The molecule has 0 bridgehead atoms. The summed E-state index contributed by atoms with van der Waals surface area (Å²) in [4.78, 5) is 2.39. The first kappa shape index (κ1) is 13.4. The van der Waals surface area contributed by atoms with Crippen LogP contribution in [0.5, 0.6) is 0 Å². The molecule has 1 aliphatic rings. The summed E-state index contributed by atoms with van der Waals surface area (Å²) >= 11 is 0. The van der Waals surface area contributed by atoms with Gasteiger partial charge in [-0.15, -0.1) is 0 Å². The zero-order valence-electron chi connectivity index (χ0n) is 11.3. The van der Waals surface area contributed by atoms with Crippen molar-refractivity contribution in [2.45, 2.75) is 38.3 Å². The number of hydrogen-bond donors (Lipinski definition) is 1. The number of rotatable bonds is 7. The largest absolute Gasteiger partial charge is 0.388 e. The highest BCUT2D eigenvalue weighted by Gasteiger charge is 2.30. The number of aliphatic hydroxyl groups excluding tert-OH is 1. The molecule has 1 atom stereocenters. The maximum atomic E-state index is 10.1. The topological polar surface area (TPSA) is 32.7 Å². The quantitative estimate of drug-likeness (QED) is 0.806. The van der Waals surface area contributed by atoms with Crippen LogP contribution in [0.1, 0.15) is 37.9 Å². The maximum Gasteiger partial charge on any atom is 0.0807 e. The molecule has 18 heavy (non-hydrogen) atoms. The molecule has 3 nitrogen and oxygen atoms in total. The van der Waals surface area contributed by atoms with Crippen LogP contribution in [0.15, 0.2) is 24.3 Å². The Morgan fingerprint density at radius 2 is 2.11 bits per heavy atom. The van der Waals surface area contributed by atoms with Crippen molar-refractivity contribution in [1.82, 2.24) is 0 Å². The lowest BCUT2D eigenvalue weighted by Crippen LogP contribution is -2.30. The lowest BCUT2D eigenvalue weighted by atomic mass is 10.0. The van der Waals surface area contributed by atoms with Crippen molar-refractivity contribution < 1.29 is 9.84 Å². The number of ether oxygens (including phenoxy) is 1. The predicted molar refractivity (Wildman–Crippen MR) is 73.9 cm³/mol. The van der Waals surface area contributed by atoms with E-state index in [-0.39, 0.29) is 6.10 Å². The van der Waals surface area contributed by atoms with Crippen molar-refractivity contribution in [1.29, 1.82) is 0 Å². The van der Waals surface area contributed by atoms with Gasteiger partial charge in [-0.25, -0.2) is 0 Å². The highest BCUT2D eigenvalue weighted by Crippen LogP contribution is 2.36. The Morgan fingerprint density at radius 1 is 1.39 bits per heavy atom. The zero-order valence-corrected chi connectivity index (χ0v) is 11.3. The Balaban J connectivity index is 2.22. The first-order valence-corrected chi connectivity index (χ1v) is 6.80. The monoisotopic (exact) mass is 249 g/mol. The molecule has 1 aliphatic carbocycles. The van der Waals surface area contributed by atoms with Crippen LogP contribution in [0.2, 0.25) is 0 Å². The van der Waals surface area contributed by atoms with Crippen molar-refractivity contribution in [2.75, 3.05) is 25.2 Å². The van der Waals surface area contributed by atoms with Crippen molar-refractivity contribution >= 4 is 5.69 Å². The van der Waals surface area contributed by atoms with E-state index in [1.165, 1.54) is 18.5 Å². The summed E-state index contributed by atoms with van der Waals surface area (Å²) in [6, 6.07) is 8.82. The highest BCUT2D eigenvalue weighted by atomic mass is 16.5. The zero-order chi connectivity index (χ0) is 13.0. The molecule has 1 aromatic carbocycles. The van der Waals surface area contributed by atoms with Crippen LogP contribution in [-0.4, -0.2) is 31.4 Å². The summed E-state index contributed by atoms with van der Waals surface area (Å²) < 4.78 is 5.19. The number of benzene rings is 1. The number of para-hydroxylation sites is 1. The van der Waals surface area contributed by atoms with Gasteiger partial charge < -0.3 is 14.7 Å². The van der Waals surface area contributed by atoms with Gasteiger partial charge in [0.05, 0.1) is 12.7 Å². The van der Waals surface area contributed by atoms with E-state index in [4.69, 9.17) is 4.74 Å². The first-order valence-electron chi connectivity index (χ1n) is 6.80. The molecule has 0 spiro atoms. The molecule has 100 valence electrons. The summed E-state index contributed by atoms with van der Waals surface area (Å²) in [6.07, 6.45) is 2.88. The first-order chi connectivity index (χ1) is 8.77. The molecule has 0 unspecified atom stereocenters. The number of nitrogens with zero attached hydrogens (tertiary/aromatic N) is 1. The molecule has 1 N–H and O–H groups in total. The van der Waals surface area contributed by atoms with Gasteiger partial charge in [0.2, 0.25) is 0 Å². The Bertz CT molecular complexity index is 377. The minimum absolute atomic E-state index is 0.370. The SMILES string of the molecule is CC[C@@H](O)c1ccccc1N(CCOC)C1CC1. The molecule has 1 saturated carbocycles. The molecule has 0 heterocycles. The van der Waals surface area contributed by atoms with E-state index in [1.807, 2.05) is 25.1 Å². The van der Waals surface area contributed by atoms with Gasteiger partial charge in [-0.1, -0.05) is 25.1 Å². The molecular formula is C15H23NO2. The molecule has 0 radical (unpaired) electrons. The Morgan fingerprint density at radius 3 is 2.72 bits per heavy atom. The number of methoxy groups -OCH3 is 1. The second kappa shape index (κ2) is 6.21. The second-order valence-electron chi connectivity index (χ2n) is 4.90. The highest BCUT2D eigenvalue weighted by molar-refractivity contribution is 5.56. The molecule has 0 aromatic heterocycles. The van der Waals surface area contributed by atoms with Crippen LogP contribution in [-0.2, 0) is 4.74 Å². The molecule has 2 rings (SSSR count). The van der Waals surface area contributed by atoms with E-state index < -0.39 is 0 Å². The van der Waals surface area contributed by atoms with E-state index in [9.17, 15) is 5.11 Å². The van der Waals surface area contributed by atoms with Gasteiger partial charge in [0.25, 0.3) is 0 Å². The Hall–Kier alpha value is -1.06. The van der Waals surface area contributed by atoms with Crippen molar-refractivity contribution in [3.8, 4) is 0 Å². The molecule has 1 aromatic rings. The van der Waals surface area contributed by atoms with Gasteiger partial charge in [0.15, 0.2) is 0 Å². The molecule has 1 fully saturated rings. The molecule has 0 saturated heterocycles. The van der Waals surface area contributed by atoms with Gasteiger partial charge in [0, 0.05) is 30.9 Å². The van der Waals surface area contributed by atoms with Crippen LogP contribution in [0.3, 0.4) is 0 Å². The lowest BCUT2D eigenvalue weighted by Gasteiger charge is -2.28. The fourth-order valence-corrected chi connectivity index (χ4v) is 2.33. The second-order valence-corrected chi connectivity index (χ2v) is 4.90. The van der Waals surface area contributed by atoms with Crippen LogP contribution in [0, 0.1) is 0 Å². The standard InChI is InChI=1S/C15H23NO2/c1-3-15(17)13-6-4-5-7-14(13)16(10-11-18-2)12-8-9-12/h4-7,12,15,17H,3,8-11H2,1-2H3/t15-/m1/s1. The van der Waals surface area contributed by atoms with Gasteiger partial charge >= 0.3 is 0 Å². The average molecular weight is 249 g/mol. The summed E-state index contributed by atoms with van der Waals surface area (Å²) in [5, 5.41) is 10.1. The fraction of sp³-hybridized carbons (Fsp3) is 0.600. The van der Waals surface area contributed by atoms with E-state index in [2.05, 4.69) is 11.0 Å². The third-order valence-electron chi connectivity index (χ3n) is 3.52.